The lowest BCUT2D eigenvalue weighted by atomic mass is 10.1. The van der Waals surface area contributed by atoms with Gasteiger partial charge in [0, 0.05) is 25.4 Å². The van der Waals surface area contributed by atoms with Gasteiger partial charge in [-0.15, -0.1) is 5.10 Å². The van der Waals surface area contributed by atoms with Crippen molar-refractivity contribution in [3.8, 4) is 17.1 Å². The molecule has 2 N–H and O–H groups in total. The molecule has 1 unspecified atom stereocenters. The minimum Gasteiger partial charge on any atom is -0.496 e. The Morgan fingerprint density at radius 1 is 1.48 bits per heavy atom. The largest absolute Gasteiger partial charge is 0.496 e. The molecule has 1 aromatic carbocycles. The van der Waals surface area contributed by atoms with Crippen LogP contribution in [0.4, 0.5) is 5.69 Å². The van der Waals surface area contributed by atoms with Crippen molar-refractivity contribution in [3.05, 3.63) is 18.2 Å². The Hall–Kier alpha value is -2.15. The standard InChI is InChI=1S/C14H19N5O2/c1-20-12-4-2-3-11(15)13(12)14-16-17-18-19(14)7-5-10-6-8-21-9-10/h2-4,10H,5-9,15H2,1H3. The molecular formula is C14H19N5O2. The number of aryl methyl sites for hydroxylation is 1. The maximum Gasteiger partial charge on any atom is 0.187 e. The van der Waals surface area contributed by atoms with Crippen molar-refractivity contribution in [1.29, 1.82) is 0 Å². The zero-order valence-electron chi connectivity index (χ0n) is 12.0. The summed E-state index contributed by atoms with van der Waals surface area (Å²) < 4.78 is 12.6. The molecule has 3 rings (SSSR count). The quantitative estimate of drug-likeness (QED) is 0.836. The lowest BCUT2D eigenvalue weighted by Gasteiger charge is -2.12. The Morgan fingerprint density at radius 2 is 2.38 bits per heavy atom. The van der Waals surface area contributed by atoms with Crippen LogP contribution in [-0.2, 0) is 11.3 Å². The molecule has 1 atom stereocenters. The molecule has 21 heavy (non-hydrogen) atoms. The minimum absolute atomic E-state index is 0.581. The summed E-state index contributed by atoms with van der Waals surface area (Å²) in [4.78, 5) is 0. The van der Waals surface area contributed by atoms with Gasteiger partial charge in [-0.25, -0.2) is 4.68 Å². The first-order valence-electron chi connectivity index (χ1n) is 7.06. The van der Waals surface area contributed by atoms with Crippen molar-refractivity contribution in [2.75, 3.05) is 26.1 Å². The van der Waals surface area contributed by atoms with Crippen LogP contribution in [0.2, 0.25) is 0 Å². The van der Waals surface area contributed by atoms with Gasteiger partial charge in [-0.2, -0.15) is 0 Å². The summed E-state index contributed by atoms with van der Waals surface area (Å²) >= 11 is 0. The summed E-state index contributed by atoms with van der Waals surface area (Å²) in [5.74, 6) is 1.90. The van der Waals surface area contributed by atoms with Crippen LogP contribution in [0, 0.1) is 5.92 Å². The van der Waals surface area contributed by atoms with E-state index in [0.29, 0.717) is 23.2 Å². The van der Waals surface area contributed by atoms with Crippen LogP contribution in [0.3, 0.4) is 0 Å². The van der Waals surface area contributed by atoms with Crippen LogP contribution < -0.4 is 10.5 Å². The molecule has 1 aromatic heterocycles. The number of methoxy groups -OCH3 is 1. The predicted octanol–water partition coefficient (Wildman–Crippen LogP) is 1.36. The zero-order chi connectivity index (χ0) is 14.7. The summed E-state index contributed by atoms with van der Waals surface area (Å²) in [5.41, 5.74) is 7.42. The van der Waals surface area contributed by atoms with Crippen molar-refractivity contribution in [2.45, 2.75) is 19.4 Å². The van der Waals surface area contributed by atoms with Crippen molar-refractivity contribution < 1.29 is 9.47 Å². The van der Waals surface area contributed by atoms with E-state index < -0.39 is 0 Å². The van der Waals surface area contributed by atoms with E-state index >= 15 is 0 Å². The second-order valence-electron chi connectivity index (χ2n) is 5.17. The summed E-state index contributed by atoms with van der Waals surface area (Å²) in [6, 6.07) is 5.53. The average molecular weight is 289 g/mol. The molecule has 0 amide bonds. The predicted molar refractivity (Wildman–Crippen MR) is 77.8 cm³/mol. The van der Waals surface area contributed by atoms with Gasteiger partial charge < -0.3 is 15.2 Å². The molecule has 1 fully saturated rings. The van der Waals surface area contributed by atoms with Gasteiger partial charge in [-0.3, -0.25) is 0 Å². The minimum atomic E-state index is 0.581. The molecule has 1 aliphatic heterocycles. The maximum atomic E-state index is 6.07. The van der Waals surface area contributed by atoms with Crippen molar-refractivity contribution in [3.63, 3.8) is 0 Å². The lowest BCUT2D eigenvalue weighted by Crippen LogP contribution is -2.10. The highest BCUT2D eigenvalue weighted by molar-refractivity contribution is 5.77. The lowest BCUT2D eigenvalue weighted by molar-refractivity contribution is 0.183. The molecule has 0 saturated carbocycles. The Kier molecular flexibility index (Phi) is 4.01. The average Bonchev–Trinajstić information content (AvgIpc) is 3.16. The highest BCUT2D eigenvalue weighted by atomic mass is 16.5. The van der Waals surface area contributed by atoms with E-state index in [0.717, 1.165) is 38.2 Å². The van der Waals surface area contributed by atoms with Crippen molar-refractivity contribution in [1.82, 2.24) is 20.2 Å². The van der Waals surface area contributed by atoms with Crippen LogP contribution in [-0.4, -0.2) is 40.5 Å². The monoisotopic (exact) mass is 289 g/mol. The number of nitrogens with two attached hydrogens (primary N) is 1. The number of benzene rings is 1. The van der Waals surface area contributed by atoms with Crippen molar-refractivity contribution >= 4 is 5.69 Å². The summed E-state index contributed by atoms with van der Waals surface area (Å²) in [5, 5.41) is 12.0. The fraction of sp³-hybridized carbons (Fsp3) is 0.500. The maximum absolute atomic E-state index is 6.07. The molecule has 7 heteroatoms. The number of anilines is 1. The zero-order valence-corrected chi connectivity index (χ0v) is 12.0. The number of rotatable bonds is 5. The van der Waals surface area contributed by atoms with Crippen LogP contribution in [0.5, 0.6) is 5.75 Å². The first-order valence-corrected chi connectivity index (χ1v) is 7.06. The van der Waals surface area contributed by atoms with E-state index in [4.69, 9.17) is 15.2 Å². The SMILES string of the molecule is COc1cccc(N)c1-c1nnnn1CCC1CCOC1. The van der Waals surface area contributed by atoms with Gasteiger partial charge in [0.05, 0.1) is 12.7 Å². The molecule has 0 aliphatic carbocycles. The fourth-order valence-corrected chi connectivity index (χ4v) is 2.61. The normalized spacial score (nSPS) is 18.0. The van der Waals surface area contributed by atoms with Crippen LogP contribution in [0.25, 0.3) is 11.4 Å². The number of aromatic nitrogens is 4. The summed E-state index contributed by atoms with van der Waals surface area (Å²) in [6.07, 6.45) is 2.10. The van der Waals surface area contributed by atoms with Gasteiger partial charge in [-0.1, -0.05) is 6.07 Å². The van der Waals surface area contributed by atoms with Crippen LogP contribution in [0.15, 0.2) is 18.2 Å². The molecule has 7 nitrogen and oxygen atoms in total. The Balaban J connectivity index is 1.84. The highest BCUT2D eigenvalue weighted by Crippen LogP contribution is 2.33. The third-order valence-electron chi connectivity index (χ3n) is 3.81. The van der Waals surface area contributed by atoms with E-state index in [1.165, 1.54) is 0 Å². The van der Waals surface area contributed by atoms with Gasteiger partial charge in [0.15, 0.2) is 5.82 Å². The number of nitrogens with zero attached hydrogens (tertiary/aromatic N) is 4. The van der Waals surface area contributed by atoms with E-state index in [2.05, 4.69) is 15.5 Å². The smallest absolute Gasteiger partial charge is 0.187 e. The Labute approximate surface area is 123 Å². The highest BCUT2D eigenvalue weighted by Gasteiger charge is 2.20. The van der Waals surface area contributed by atoms with Crippen LogP contribution in [0.1, 0.15) is 12.8 Å². The second-order valence-corrected chi connectivity index (χ2v) is 5.17. The molecular weight excluding hydrogens is 270 g/mol. The first-order chi connectivity index (χ1) is 10.3. The Bertz CT molecular complexity index is 607. The van der Waals surface area contributed by atoms with Crippen molar-refractivity contribution in [2.24, 2.45) is 5.92 Å². The second kappa shape index (κ2) is 6.09. The number of tetrazole rings is 1. The first kappa shape index (κ1) is 13.8. The molecule has 0 radical (unpaired) electrons. The molecule has 2 aromatic rings. The number of hydrogen-bond acceptors (Lipinski definition) is 6. The molecule has 2 heterocycles. The van der Waals surface area contributed by atoms with Gasteiger partial charge in [0.2, 0.25) is 0 Å². The van der Waals surface area contributed by atoms with Gasteiger partial charge >= 0.3 is 0 Å². The van der Waals surface area contributed by atoms with Gasteiger partial charge in [-0.05, 0) is 41.3 Å². The van der Waals surface area contributed by atoms with E-state index in [1.807, 2.05) is 18.2 Å². The third kappa shape index (κ3) is 2.82. The number of hydrogen-bond donors (Lipinski definition) is 1. The van der Waals surface area contributed by atoms with Gasteiger partial charge in [0.25, 0.3) is 0 Å². The van der Waals surface area contributed by atoms with E-state index in [9.17, 15) is 0 Å². The number of nitrogen functional groups attached to an aromatic ring is 1. The fourth-order valence-electron chi connectivity index (χ4n) is 2.61. The molecule has 1 aliphatic rings. The van der Waals surface area contributed by atoms with E-state index in [1.54, 1.807) is 11.8 Å². The molecule has 1 saturated heterocycles. The summed E-state index contributed by atoms with van der Waals surface area (Å²) in [7, 11) is 1.61. The summed E-state index contributed by atoms with van der Waals surface area (Å²) in [6.45, 7) is 2.43. The topological polar surface area (TPSA) is 88.1 Å². The van der Waals surface area contributed by atoms with Crippen LogP contribution >= 0.6 is 0 Å². The molecule has 0 bridgehead atoms. The molecule has 112 valence electrons. The Morgan fingerprint density at radius 3 is 3.14 bits per heavy atom. The molecule has 0 spiro atoms. The number of ether oxygens (including phenoxy) is 2. The van der Waals surface area contributed by atoms with E-state index in [-0.39, 0.29) is 0 Å². The van der Waals surface area contributed by atoms with Gasteiger partial charge in [0.1, 0.15) is 5.75 Å². The third-order valence-corrected chi connectivity index (χ3v) is 3.81.